The van der Waals surface area contributed by atoms with Crippen LogP contribution in [0.3, 0.4) is 0 Å². The van der Waals surface area contributed by atoms with E-state index in [0.29, 0.717) is 11.1 Å². The molecule has 0 heterocycles. The fraction of sp³-hybridized carbons (Fsp3) is 0.690. The Morgan fingerprint density at radius 3 is 2.11 bits per heavy atom. The Morgan fingerprint density at radius 2 is 1.62 bits per heavy atom. The molecule has 1 aromatic carbocycles. The number of alkyl carbamates (subject to hydrolysis) is 1. The molecule has 0 spiro atoms. The number of carbonyl (C=O) groups is 3. The molecule has 2 atom stereocenters. The zero-order valence-electron chi connectivity index (χ0n) is 24.1. The van der Waals surface area contributed by atoms with Crippen LogP contribution in [0.15, 0.2) is 18.2 Å². The zero-order chi connectivity index (χ0) is 28.1. The van der Waals surface area contributed by atoms with Gasteiger partial charge < -0.3 is 25.4 Å². The Morgan fingerprint density at radius 1 is 1.03 bits per heavy atom. The maximum atomic E-state index is 14.2. The molecule has 1 aromatic rings. The molecule has 37 heavy (non-hydrogen) atoms. The second-order valence-electron chi connectivity index (χ2n) is 12.5. The highest BCUT2D eigenvalue weighted by molar-refractivity contribution is 5.93. The maximum absolute atomic E-state index is 14.2. The smallest absolute Gasteiger partial charge is 0.408 e. The Kier molecular flexibility index (Phi) is 10.0. The van der Waals surface area contributed by atoms with Crippen molar-refractivity contribution < 1.29 is 24.2 Å². The topological polar surface area (TPSA) is 108 Å². The number of phenols is 1. The van der Waals surface area contributed by atoms with E-state index < -0.39 is 29.3 Å². The van der Waals surface area contributed by atoms with Crippen LogP contribution in [-0.2, 0) is 14.3 Å². The number of phenolic OH excluding ortho intramolecular Hbond substituents is 1. The van der Waals surface area contributed by atoms with Crippen molar-refractivity contribution in [1.29, 1.82) is 0 Å². The van der Waals surface area contributed by atoms with Crippen LogP contribution in [0.4, 0.5) is 4.79 Å². The van der Waals surface area contributed by atoms with Crippen molar-refractivity contribution in [1.82, 2.24) is 15.5 Å². The number of aromatic hydroxyl groups is 1. The molecule has 0 bridgehead atoms. The van der Waals surface area contributed by atoms with Crippen LogP contribution in [0, 0.1) is 12.8 Å². The molecule has 2 rings (SSSR count). The molecule has 3 N–H and O–H groups in total. The standard InChI is InChI=1S/C29H47N3O5/c1-18(2)23(31-27(36)37-29(7,8)9)26(35)32(28(4,5)6)24(20-15-16-22(33)19(3)17-20)25(34)30-21-13-11-10-12-14-21/h15-18,21,23-24,33H,10-14H2,1-9H3,(H,30,34)(H,31,36). The highest BCUT2D eigenvalue weighted by Crippen LogP contribution is 2.33. The van der Waals surface area contributed by atoms with Crippen LogP contribution in [-0.4, -0.2) is 51.1 Å². The first kappa shape index (κ1) is 30.5. The molecule has 0 aliphatic heterocycles. The van der Waals surface area contributed by atoms with Crippen molar-refractivity contribution in [3.8, 4) is 5.75 Å². The maximum Gasteiger partial charge on any atom is 0.408 e. The molecular formula is C29H47N3O5. The third kappa shape index (κ3) is 8.64. The van der Waals surface area contributed by atoms with Crippen LogP contribution < -0.4 is 10.6 Å². The first-order valence-electron chi connectivity index (χ1n) is 13.4. The van der Waals surface area contributed by atoms with Crippen molar-refractivity contribution in [2.24, 2.45) is 5.92 Å². The van der Waals surface area contributed by atoms with Crippen LogP contribution >= 0.6 is 0 Å². The van der Waals surface area contributed by atoms with Gasteiger partial charge in [0.15, 0.2) is 0 Å². The summed E-state index contributed by atoms with van der Waals surface area (Å²) >= 11 is 0. The van der Waals surface area contributed by atoms with Gasteiger partial charge in [-0.15, -0.1) is 0 Å². The van der Waals surface area contributed by atoms with Crippen molar-refractivity contribution in [3.05, 3.63) is 29.3 Å². The van der Waals surface area contributed by atoms with Gasteiger partial charge in [-0.3, -0.25) is 9.59 Å². The molecule has 208 valence electrons. The summed E-state index contributed by atoms with van der Waals surface area (Å²) in [5, 5.41) is 16.1. The number of rotatable bonds is 7. The van der Waals surface area contributed by atoms with Crippen LogP contribution in [0.25, 0.3) is 0 Å². The highest BCUT2D eigenvalue weighted by atomic mass is 16.6. The molecule has 2 unspecified atom stereocenters. The average molecular weight is 518 g/mol. The number of carbonyl (C=O) groups excluding carboxylic acids is 3. The normalized spacial score (nSPS) is 16.6. The molecule has 8 heteroatoms. The van der Waals surface area contributed by atoms with Gasteiger partial charge in [0.25, 0.3) is 0 Å². The Balaban J connectivity index is 2.53. The summed E-state index contributed by atoms with van der Waals surface area (Å²) in [7, 11) is 0. The fourth-order valence-corrected chi connectivity index (χ4v) is 4.74. The van der Waals surface area contributed by atoms with Gasteiger partial charge in [-0.1, -0.05) is 39.2 Å². The van der Waals surface area contributed by atoms with Crippen LogP contribution in [0.2, 0.25) is 0 Å². The predicted molar refractivity (Wildman–Crippen MR) is 145 cm³/mol. The van der Waals surface area contributed by atoms with Gasteiger partial charge in [0, 0.05) is 11.6 Å². The van der Waals surface area contributed by atoms with E-state index in [9.17, 15) is 19.5 Å². The SMILES string of the molecule is Cc1cc(C(C(=O)NC2CCCCC2)N(C(=O)C(NC(=O)OC(C)(C)C)C(C)C)C(C)(C)C)ccc1O. The highest BCUT2D eigenvalue weighted by Gasteiger charge is 2.43. The zero-order valence-corrected chi connectivity index (χ0v) is 24.1. The molecule has 0 radical (unpaired) electrons. The molecule has 1 fully saturated rings. The Hall–Kier alpha value is -2.77. The number of amides is 3. The van der Waals surface area contributed by atoms with E-state index in [2.05, 4.69) is 10.6 Å². The monoisotopic (exact) mass is 517 g/mol. The van der Waals surface area contributed by atoms with E-state index >= 15 is 0 Å². The third-order valence-electron chi connectivity index (χ3n) is 6.56. The predicted octanol–water partition coefficient (Wildman–Crippen LogP) is 5.37. The van der Waals surface area contributed by atoms with Crippen molar-refractivity contribution >= 4 is 17.9 Å². The molecule has 3 amide bonds. The van der Waals surface area contributed by atoms with Gasteiger partial charge in [0.1, 0.15) is 23.4 Å². The molecule has 8 nitrogen and oxygen atoms in total. The summed E-state index contributed by atoms with van der Waals surface area (Å²) < 4.78 is 5.43. The minimum absolute atomic E-state index is 0.0552. The van der Waals surface area contributed by atoms with Gasteiger partial charge >= 0.3 is 6.09 Å². The second kappa shape index (κ2) is 12.2. The third-order valence-corrected chi connectivity index (χ3v) is 6.56. The molecule has 1 saturated carbocycles. The first-order valence-corrected chi connectivity index (χ1v) is 13.4. The summed E-state index contributed by atoms with van der Waals surface area (Å²) in [5.74, 6) is -0.771. The number of hydrogen-bond acceptors (Lipinski definition) is 5. The minimum atomic E-state index is -0.949. The number of nitrogens with one attached hydrogen (secondary N) is 2. The molecular weight excluding hydrogens is 470 g/mol. The minimum Gasteiger partial charge on any atom is -0.508 e. The molecule has 0 aromatic heterocycles. The average Bonchev–Trinajstić information content (AvgIpc) is 2.75. The lowest BCUT2D eigenvalue weighted by molar-refractivity contribution is -0.149. The summed E-state index contributed by atoms with van der Waals surface area (Å²) in [6.45, 7) is 16.4. The van der Waals surface area contributed by atoms with E-state index in [1.807, 2.05) is 34.6 Å². The first-order chi connectivity index (χ1) is 17.0. The number of benzene rings is 1. The second-order valence-corrected chi connectivity index (χ2v) is 12.5. The van der Waals surface area contributed by atoms with Crippen molar-refractivity contribution in [2.75, 3.05) is 0 Å². The molecule has 1 aliphatic rings. The van der Waals surface area contributed by atoms with Crippen molar-refractivity contribution in [3.63, 3.8) is 0 Å². The van der Waals surface area contributed by atoms with E-state index in [0.717, 1.165) is 32.1 Å². The number of ether oxygens (including phenoxy) is 1. The summed E-state index contributed by atoms with van der Waals surface area (Å²) in [6, 6.07) is 3.19. The van der Waals surface area contributed by atoms with E-state index in [1.54, 1.807) is 50.8 Å². The van der Waals surface area contributed by atoms with Crippen LogP contribution in [0.5, 0.6) is 5.75 Å². The van der Waals surface area contributed by atoms with Gasteiger partial charge in [0.2, 0.25) is 11.8 Å². The largest absolute Gasteiger partial charge is 0.508 e. The van der Waals surface area contributed by atoms with Gasteiger partial charge in [0.05, 0.1) is 0 Å². The van der Waals surface area contributed by atoms with Crippen LogP contribution in [0.1, 0.15) is 105 Å². The van der Waals surface area contributed by atoms with E-state index in [1.165, 1.54) is 0 Å². The Labute approximate surface area is 222 Å². The van der Waals surface area contributed by atoms with E-state index in [-0.39, 0.29) is 29.5 Å². The molecule has 0 saturated heterocycles. The lowest BCUT2D eigenvalue weighted by Crippen LogP contribution is -2.60. The number of nitrogens with zero attached hydrogens (tertiary/aromatic N) is 1. The van der Waals surface area contributed by atoms with Gasteiger partial charge in [-0.25, -0.2) is 4.79 Å². The van der Waals surface area contributed by atoms with Gasteiger partial charge in [-0.2, -0.15) is 0 Å². The lowest BCUT2D eigenvalue weighted by atomic mass is 9.91. The van der Waals surface area contributed by atoms with Gasteiger partial charge in [-0.05, 0) is 90.5 Å². The van der Waals surface area contributed by atoms with E-state index in [4.69, 9.17) is 4.74 Å². The summed E-state index contributed by atoms with van der Waals surface area (Å²) in [4.78, 5) is 42.4. The fourth-order valence-electron chi connectivity index (χ4n) is 4.74. The number of aryl methyl sites for hydroxylation is 1. The molecule has 1 aliphatic carbocycles. The number of hydrogen-bond donors (Lipinski definition) is 3. The summed E-state index contributed by atoms with van der Waals surface area (Å²) in [5.41, 5.74) is -0.266. The Bertz CT molecular complexity index is 955. The summed E-state index contributed by atoms with van der Waals surface area (Å²) in [6.07, 6.45) is 4.41. The quantitative estimate of drug-likeness (QED) is 0.451. The lowest BCUT2D eigenvalue weighted by Gasteiger charge is -2.44. The van der Waals surface area contributed by atoms with Crippen molar-refractivity contribution in [2.45, 2.75) is 124 Å².